The monoisotopic (exact) mass is 452 g/mol. The van der Waals surface area contributed by atoms with E-state index in [1.54, 1.807) is 13.3 Å². The van der Waals surface area contributed by atoms with E-state index in [0.29, 0.717) is 31.2 Å². The maximum absolute atomic E-state index is 13.4. The van der Waals surface area contributed by atoms with Crippen LogP contribution in [0.5, 0.6) is 11.5 Å². The van der Waals surface area contributed by atoms with Crippen molar-refractivity contribution in [2.75, 3.05) is 20.3 Å². The molecule has 6 nitrogen and oxygen atoms in total. The van der Waals surface area contributed by atoms with E-state index in [1.165, 1.54) is 11.3 Å². The van der Waals surface area contributed by atoms with Crippen LogP contribution in [0.3, 0.4) is 0 Å². The van der Waals surface area contributed by atoms with Crippen molar-refractivity contribution < 1.29 is 19.0 Å². The first-order chi connectivity index (χ1) is 15.6. The summed E-state index contributed by atoms with van der Waals surface area (Å²) in [5.41, 5.74) is 2.80. The first-order valence-corrected chi connectivity index (χ1v) is 11.7. The first-order valence-electron chi connectivity index (χ1n) is 10.8. The quantitative estimate of drug-likeness (QED) is 0.464. The van der Waals surface area contributed by atoms with Gasteiger partial charge in [0, 0.05) is 19.3 Å². The Morgan fingerprint density at radius 1 is 1.22 bits per heavy atom. The number of hydrogen-bond acceptors (Lipinski definition) is 6. The highest BCUT2D eigenvalue weighted by atomic mass is 32.1. The van der Waals surface area contributed by atoms with Crippen LogP contribution in [0.2, 0.25) is 0 Å². The number of pyridine rings is 1. The van der Waals surface area contributed by atoms with Crippen LogP contribution in [0.4, 0.5) is 0 Å². The lowest BCUT2D eigenvalue weighted by Gasteiger charge is -2.23. The van der Waals surface area contributed by atoms with Crippen molar-refractivity contribution in [3.8, 4) is 11.5 Å². The summed E-state index contributed by atoms with van der Waals surface area (Å²) in [6.45, 7) is 4.11. The van der Waals surface area contributed by atoms with Gasteiger partial charge in [0.05, 0.1) is 30.3 Å². The molecule has 1 unspecified atom stereocenters. The third-order valence-electron chi connectivity index (χ3n) is 5.47. The van der Waals surface area contributed by atoms with Gasteiger partial charge in [0.25, 0.3) is 5.91 Å². The van der Waals surface area contributed by atoms with Crippen LogP contribution in [0.1, 0.15) is 39.3 Å². The third kappa shape index (κ3) is 5.47. The Hall–Kier alpha value is -2.90. The Morgan fingerprint density at radius 3 is 2.81 bits per heavy atom. The molecule has 3 aromatic rings. The van der Waals surface area contributed by atoms with Gasteiger partial charge in [-0.25, -0.2) is 0 Å². The summed E-state index contributed by atoms with van der Waals surface area (Å²) in [7, 11) is 1.63. The molecule has 1 aromatic carbocycles. The smallest absolute Gasteiger partial charge is 0.264 e. The fraction of sp³-hybridized carbons (Fsp3) is 0.360. The minimum absolute atomic E-state index is 0.000736. The van der Waals surface area contributed by atoms with Gasteiger partial charge >= 0.3 is 0 Å². The Bertz CT molecular complexity index is 1030. The second-order valence-corrected chi connectivity index (χ2v) is 8.76. The zero-order valence-electron chi connectivity index (χ0n) is 18.5. The molecular weight excluding hydrogens is 424 g/mol. The molecule has 32 heavy (non-hydrogen) atoms. The van der Waals surface area contributed by atoms with Crippen LogP contribution >= 0.6 is 11.3 Å². The zero-order valence-corrected chi connectivity index (χ0v) is 19.3. The van der Waals surface area contributed by atoms with Crippen molar-refractivity contribution in [1.82, 2.24) is 9.88 Å². The van der Waals surface area contributed by atoms with Crippen molar-refractivity contribution >= 4 is 17.2 Å². The molecular formula is C25H28N2O4S. The number of amides is 1. The second kappa shape index (κ2) is 10.6. The number of methoxy groups -OCH3 is 1. The molecule has 3 heterocycles. The molecule has 1 fully saturated rings. The van der Waals surface area contributed by atoms with E-state index in [-0.39, 0.29) is 12.0 Å². The number of carbonyl (C=O) groups excluding carboxylic acids is 1. The normalized spacial score (nSPS) is 15.5. The van der Waals surface area contributed by atoms with Crippen LogP contribution in [0, 0.1) is 6.92 Å². The maximum atomic E-state index is 13.4. The van der Waals surface area contributed by atoms with E-state index in [4.69, 9.17) is 14.2 Å². The lowest BCUT2D eigenvalue weighted by Crippen LogP contribution is -2.30. The fourth-order valence-electron chi connectivity index (χ4n) is 3.73. The Labute approximate surface area is 192 Å². The Kier molecular flexibility index (Phi) is 7.39. The number of rotatable bonds is 9. The molecule has 0 aliphatic carbocycles. The summed E-state index contributed by atoms with van der Waals surface area (Å²) in [5.74, 6) is 1.34. The summed E-state index contributed by atoms with van der Waals surface area (Å²) in [4.78, 5) is 20.4. The molecule has 0 bridgehead atoms. The molecule has 0 saturated carbocycles. The van der Waals surface area contributed by atoms with Crippen LogP contribution in [-0.4, -0.2) is 42.2 Å². The molecule has 0 N–H and O–H groups in total. The number of aromatic nitrogens is 1. The average molecular weight is 453 g/mol. The molecule has 2 aromatic heterocycles. The molecule has 1 saturated heterocycles. The predicted octanol–water partition coefficient (Wildman–Crippen LogP) is 4.86. The molecule has 168 valence electrons. The molecule has 1 aliphatic rings. The summed E-state index contributed by atoms with van der Waals surface area (Å²) >= 11 is 1.47. The summed E-state index contributed by atoms with van der Waals surface area (Å²) in [6.07, 6.45) is 3.94. The number of aryl methyl sites for hydroxylation is 1. The van der Waals surface area contributed by atoms with Gasteiger partial charge in [-0.15, -0.1) is 11.3 Å². The minimum Gasteiger partial charge on any atom is -0.493 e. The van der Waals surface area contributed by atoms with E-state index in [9.17, 15) is 4.79 Å². The van der Waals surface area contributed by atoms with Crippen molar-refractivity contribution in [2.45, 2.75) is 39.0 Å². The van der Waals surface area contributed by atoms with Gasteiger partial charge in [-0.2, -0.15) is 0 Å². The number of nitrogens with zero attached hydrogens (tertiary/aromatic N) is 2. The second-order valence-electron chi connectivity index (χ2n) is 7.85. The summed E-state index contributed by atoms with van der Waals surface area (Å²) in [6, 6.07) is 13.5. The number of ether oxygens (including phenoxy) is 3. The molecule has 1 amide bonds. The van der Waals surface area contributed by atoms with Gasteiger partial charge in [0.2, 0.25) is 0 Å². The number of carbonyl (C=O) groups is 1. The molecule has 7 heteroatoms. The number of hydrogen-bond donors (Lipinski definition) is 0. The highest BCUT2D eigenvalue weighted by molar-refractivity contribution is 7.12. The topological polar surface area (TPSA) is 60.9 Å². The van der Waals surface area contributed by atoms with E-state index in [2.05, 4.69) is 4.98 Å². The maximum Gasteiger partial charge on any atom is 0.264 e. The van der Waals surface area contributed by atoms with E-state index in [1.807, 2.05) is 59.7 Å². The van der Waals surface area contributed by atoms with Gasteiger partial charge in [0.15, 0.2) is 11.5 Å². The van der Waals surface area contributed by atoms with E-state index >= 15 is 0 Å². The molecule has 0 spiro atoms. The van der Waals surface area contributed by atoms with Gasteiger partial charge in [-0.3, -0.25) is 9.78 Å². The number of thiophene rings is 1. The van der Waals surface area contributed by atoms with Crippen molar-refractivity contribution in [3.63, 3.8) is 0 Å². The molecule has 4 rings (SSSR count). The Balaban J connectivity index is 1.55. The molecule has 1 atom stereocenters. The number of benzene rings is 1. The third-order valence-corrected chi connectivity index (χ3v) is 6.48. The minimum atomic E-state index is 0.000736. The van der Waals surface area contributed by atoms with Crippen LogP contribution in [-0.2, 0) is 17.8 Å². The standard InChI is InChI=1S/C25H28N2O4S/c1-18-10-13-32-24(18)25(28)27(16-20-6-3-4-11-26-20)15-19-8-9-22(29-2)23(14-19)31-17-21-7-5-12-30-21/h3-4,6,8-11,13-14,21H,5,7,12,15-17H2,1-2H3. The zero-order chi connectivity index (χ0) is 22.3. The molecule has 0 radical (unpaired) electrons. The highest BCUT2D eigenvalue weighted by Gasteiger charge is 2.21. The Morgan fingerprint density at radius 2 is 2.12 bits per heavy atom. The predicted molar refractivity (Wildman–Crippen MR) is 124 cm³/mol. The van der Waals surface area contributed by atoms with Crippen LogP contribution < -0.4 is 9.47 Å². The summed E-state index contributed by atoms with van der Waals surface area (Å²) in [5, 5.41) is 1.95. The lowest BCUT2D eigenvalue weighted by atomic mass is 10.1. The van der Waals surface area contributed by atoms with Crippen molar-refractivity contribution in [3.05, 3.63) is 75.7 Å². The van der Waals surface area contributed by atoms with Crippen molar-refractivity contribution in [1.29, 1.82) is 0 Å². The SMILES string of the molecule is COc1ccc(CN(Cc2ccccn2)C(=O)c2sccc2C)cc1OCC1CCCO1. The van der Waals surface area contributed by atoms with Crippen LogP contribution in [0.25, 0.3) is 0 Å². The summed E-state index contributed by atoms with van der Waals surface area (Å²) < 4.78 is 17.2. The van der Waals surface area contributed by atoms with E-state index < -0.39 is 0 Å². The largest absolute Gasteiger partial charge is 0.493 e. The van der Waals surface area contributed by atoms with Gasteiger partial charge in [0.1, 0.15) is 6.61 Å². The first kappa shape index (κ1) is 22.3. The van der Waals surface area contributed by atoms with Crippen molar-refractivity contribution in [2.24, 2.45) is 0 Å². The van der Waals surface area contributed by atoms with Crippen LogP contribution in [0.15, 0.2) is 54.0 Å². The van der Waals surface area contributed by atoms with E-state index in [0.717, 1.165) is 41.1 Å². The van der Waals surface area contributed by atoms with Gasteiger partial charge < -0.3 is 19.1 Å². The molecule has 1 aliphatic heterocycles. The highest BCUT2D eigenvalue weighted by Crippen LogP contribution is 2.30. The average Bonchev–Trinajstić information content (AvgIpc) is 3.49. The fourth-order valence-corrected chi connectivity index (χ4v) is 4.63. The van der Waals surface area contributed by atoms with Gasteiger partial charge in [-0.1, -0.05) is 12.1 Å². The van der Waals surface area contributed by atoms with Gasteiger partial charge in [-0.05, 0) is 66.6 Å². The lowest BCUT2D eigenvalue weighted by molar-refractivity contribution is 0.0668.